The molecule has 0 spiro atoms. The first-order valence-corrected chi connectivity index (χ1v) is 11.3. The molecule has 1 aliphatic rings. The second-order valence-corrected chi connectivity index (χ2v) is 9.30. The van der Waals surface area contributed by atoms with E-state index >= 15 is 0 Å². The molecule has 0 saturated heterocycles. The van der Waals surface area contributed by atoms with E-state index in [1.165, 1.54) is 26.6 Å². The van der Waals surface area contributed by atoms with E-state index < -0.39 is 0 Å². The van der Waals surface area contributed by atoms with Crippen molar-refractivity contribution in [1.82, 2.24) is 14.9 Å². The molecule has 3 nitrogen and oxygen atoms in total. The summed E-state index contributed by atoms with van der Waals surface area (Å²) in [4.78, 5) is 14.7. The van der Waals surface area contributed by atoms with Gasteiger partial charge in [-0.05, 0) is 53.2 Å². The monoisotopic (exact) mass is 423 g/mol. The maximum atomic E-state index is 5.98. The number of aromatic nitrogens is 2. The molecule has 0 aliphatic carbocycles. The van der Waals surface area contributed by atoms with Crippen molar-refractivity contribution in [3.63, 3.8) is 0 Å². The first-order chi connectivity index (χ1) is 13.7. The number of halogens is 1. The molecule has 0 radical (unpaired) electrons. The molecule has 5 rings (SSSR count). The van der Waals surface area contributed by atoms with Gasteiger partial charge in [0.15, 0.2) is 5.82 Å². The van der Waals surface area contributed by atoms with E-state index in [0.717, 1.165) is 42.5 Å². The highest BCUT2D eigenvalue weighted by Gasteiger charge is 2.19. The molecule has 0 amide bonds. The highest BCUT2D eigenvalue weighted by molar-refractivity contribution is 7.16. The fraction of sp³-hybridized carbons (Fsp3) is 0.182. The van der Waals surface area contributed by atoms with Gasteiger partial charge in [0, 0.05) is 63.7 Å². The molecule has 0 saturated carbocycles. The van der Waals surface area contributed by atoms with Crippen molar-refractivity contribution in [2.75, 3.05) is 6.54 Å². The lowest BCUT2D eigenvalue weighted by atomic mass is 10.1. The number of thiophene rings is 2. The van der Waals surface area contributed by atoms with E-state index in [0.29, 0.717) is 0 Å². The van der Waals surface area contributed by atoms with E-state index in [1.54, 1.807) is 11.3 Å². The minimum atomic E-state index is 0.730. The van der Waals surface area contributed by atoms with Crippen LogP contribution in [0.1, 0.15) is 16.1 Å². The van der Waals surface area contributed by atoms with E-state index in [9.17, 15) is 0 Å². The van der Waals surface area contributed by atoms with Gasteiger partial charge in [0.2, 0.25) is 0 Å². The first-order valence-electron chi connectivity index (χ1n) is 9.19. The van der Waals surface area contributed by atoms with Crippen LogP contribution in [0.3, 0.4) is 0 Å². The highest BCUT2D eigenvalue weighted by Crippen LogP contribution is 2.31. The molecule has 1 aliphatic heterocycles. The molecule has 4 aromatic rings. The third-order valence-electron chi connectivity index (χ3n) is 4.96. The van der Waals surface area contributed by atoms with Crippen LogP contribution >= 0.6 is 34.3 Å². The van der Waals surface area contributed by atoms with Crippen molar-refractivity contribution in [3.05, 3.63) is 80.6 Å². The van der Waals surface area contributed by atoms with Gasteiger partial charge in [-0.1, -0.05) is 11.6 Å². The van der Waals surface area contributed by atoms with E-state index in [-0.39, 0.29) is 0 Å². The Labute approximate surface area is 177 Å². The van der Waals surface area contributed by atoms with Gasteiger partial charge in [0.1, 0.15) is 0 Å². The van der Waals surface area contributed by atoms with Crippen LogP contribution in [0.5, 0.6) is 0 Å². The smallest absolute Gasteiger partial charge is 0.159 e. The zero-order chi connectivity index (χ0) is 18.9. The zero-order valence-electron chi connectivity index (χ0n) is 15.1. The lowest BCUT2D eigenvalue weighted by molar-refractivity contribution is 0.245. The number of benzene rings is 1. The summed E-state index contributed by atoms with van der Waals surface area (Å²) in [6.45, 7) is 2.91. The summed E-state index contributed by atoms with van der Waals surface area (Å²) in [6, 6.07) is 14.4. The first kappa shape index (κ1) is 18.0. The van der Waals surface area contributed by atoms with Gasteiger partial charge in [-0.3, -0.25) is 4.90 Å². The average molecular weight is 424 g/mol. The Bertz CT molecular complexity index is 1090. The van der Waals surface area contributed by atoms with Crippen molar-refractivity contribution >= 4 is 34.3 Å². The van der Waals surface area contributed by atoms with E-state index in [4.69, 9.17) is 16.6 Å². The standard InChI is InChI=1S/C22H18ClN3S2/c23-18-3-1-15(2-4-18)22-24-11-17-12-26(9-7-20(17)25-22)13-19-5-6-21(28-19)16-8-10-27-14-16/h1-6,8,10-11,14H,7,9,12-13H2. The Morgan fingerprint density at radius 1 is 1.04 bits per heavy atom. The Hall–Kier alpha value is -2.05. The summed E-state index contributed by atoms with van der Waals surface area (Å²) < 4.78 is 0. The number of hydrogen-bond donors (Lipinski definition) is 0. The summed E-state index contributed by atoms with van der Waals surface area (Å²) in [5.41, 5.74) is 4.74. The number of hydrogen-bond acceptors (Lipinski definition) is 5. The van der Waals surface area contributed by atoms with Gasteiger partial charge >= 0.3 is 0 Å². The number of fused-ring (bicyclic) bond motifs is 1. The lowest BCUT2D eigenvalue weighted by Crippen LogP contribution is -2.30. The topological polar surface area (TPSA) is 29.0 Å². The van der Waals surface area contributed by atoms with E-state index in [2.05, 4.69) is 38.8 Å². The number of nitrogens with zero attached hydrogens (tertiary/aromatic N) is 3. The maximum absolute atomic E-state index is 5.98. The third-order valence-corrected chi connectivity index (χ3v) is 7.02. The third kappa shape index (κ3) is 3.76. The van der Waals surface area contributed by atoms with Crippen molar-refractivity contribution in [2.45, 2.75) is 19.5 Å². The Morgan fingerprint density at radius 3 is 2.75 bits per heavy atom. The molecule has 6 heteroatoms. The molecular weight excluding hydrogens is 406 g/mol. The second-order valence-electron chi connectivity index (χ2n) is 6.91. The summed E-state index contributed by atoms with van der Waals surface area (Å²) in [7, 11) is 0. The molecule has 140 valence electrons. The van der Waals surface area contributed by atoms with Crippen molar-refractivity contribution < 1.29 is 0 Å². The predicted molar refractivity (Wildman–Crippen MR) is 118 cm³/mol. The molecule has 3 aromatic heterocycles. The normalized spacial score (nSPS) is 14.2. The van der Waals surface area contributed by atoms with Crippen LogP contribution in [0.25, 0.3) is 21.8 Å². The molecule has 0 atom stereocenters. The highest BCUT2D eigenvalue weighted by atomic mass is 35.5. The minimum Gasteiger partial charge on any atom is -0.293 e. The van der Waals surface area contributed by atoms with Crippen LogP contribution in [0.4, 0.5) is 0 Å². The molecule has 28 heavy (non-hydrogen) atoms. The molecular formula is C22H18ClN3S2. The summed E-state index contributed by atoms with van der Waals surface area (Å²) in [5, 5.41) is 5.07. The Kier molecular flexibility index (Phi) is 4.99. The average Bonchev–Trinajstić information content (AvgIpc) is 3.40. The van der Waals surface area contributed by atoms with Crippen LogP contribution in [0.15, 0.2) is 59.4 Å². The van der Waals surface area contributed by atoms with Crippen LogP contribution in [-0.4, -0.2) is 21.4 Å². The summed E-state index contributed by atoms with van der Waals surface area (Å²) in [5.74, 6) is 0.780. The quantitative estimate of drug-likeness (QED) is 0.394. The van der Waals surface area contributed by atoms with Gasteiger partial charge < -0.3 is 0 Å². The Balaban J connectivity index is 1.30. The molecule has 0 N–H and O–H groups in total. The van der Waals surface area contributed by atoms with Crippen LogP contribution in [-0.2, 0) is 19.5 Å². The number of rotatable bonds is 4. The predicted octanol–water partition coefficient (Wildman–Crippen LogP) is 6.15. The fourth-order valence-electron chi connectivity index (χ4n) is 3.49. The summed E-state index contributed by atoms with van der Waals surface area (Å²) in [6.07, 6.45) is 2.95. The van der Waals surface area contributed by atoms with Gasteiger partial charge in [0.25, 0.3) is 0 Å². The van der Waals surface area contributed by atoms with E-state index in [1.807, 2.05) is 41.8 Å². The lowest BCUT2D eigenvalue weighted by Gasteiger charge is -2.27. The van der Waals surface area contributed by atoms with Gasteiger partial charge in [0.05, 0.1) is 5.69 Å². The Morgan fingerprint density at radius 2 is 1.93 bits per heavy atom. The molecule has 0 fully saturated rings. The molecule has 1 aromatic carbocycles. The van der Waals surface area contributed by atoms with Gasteiger partial charge in [-0.15, -0.1) is 11.3 Å². The minimum absolute atomic E-state index is 0.730. The van der Waals surface area contributed by atoms with Crippen molar-refractivity contribution in [2.24, 2.45) is 0 Å². The summed E-state index contributed by atoms with van der Waals surface area (Å²) >= 11 is 9.62. The van der Waals surface area contributed by atoms with Crippen molar-refractivity contribution in [3.8, 4) is 21.8 Å². The fourth-order valence-corrected chi connectivity index (χ4v) is 5.39. The largest absolute Gasteiger partial charge is 0.293 e. The molecule has 4 heterocycles. The van der Waals surface area contributed by atoms with Crippen molar-refractivity contribution in [1.29, 1.82) is 0 Å². The SMILES string of the molecule is Clc1ccc(-c2ncc3c(n2)CCN(Cc2ccc(-c4ccsc4)s2)C3)cc1. The molecule has 0 unspecified atom stereocenters. The second kappa shape index (κ2) is 7.76. The van der Waals surface area contributed by atoms with Crippen LogP contribution in [0.2, 0.25) is 5.02 Å². The van der Waals surface area contributed by atoms with Gasteiger partial charge in [-0.2, -0.15) is 11.3 Å². The van der Waals surface area contributed by atoms with Crippen LogP contribution in [0, 0.1) is 0 Å². The van der Waals surface area contributed by atoms with Crippen LogP contribution < -0.4 is 0 Å². The van der Waals surface area contributed by atoms with Gasteiger partial charge in [-0.25, -0.2) is 9.97 Å². The zero-order valence-corrected chi connectivity index (χ0v) is 17.5. The maximum Gasteiger partial charge on any atom is 0.159 e. The molecule has 0 bridgehead atoms.